The van der Waals surface area contributed by atoms with Gasteiger partial charge in [0.15, 0.2) is 17.5 Å². The van der Waals surface area contributed by atoms with E-state index in [9.17, 15) is 4.39 Å². The predicted octanol–water partition coefficient (Wildman–Crippen LogP) is 4.27. The topological polar surface area (TPSA) is 54.9 Å². The van der Waals surface area contributed by atoms with Crippen molar-refractivity contribution in [3.05, 3.63) is 29.6 Å². The van der Waals surface area contributed by atoms with E-state index in [0.717, 1.165) is 24.6 Å². The van der Waals surface area contributed by atoms with Crippen molar-refractivity contribution < 1.29 is 13.9 Å². The molecule has 0 amide bonds. The van der Waals surface area contributed by atoms with Crippen LogP contribution in [0, 0.1) is 17.2 Å². The first-order valence-electron chi connectivity index (χ1n) is 9.91. The van der Waals surface area contributed by atoms with Gasteiger partial charge in [-0.1, -0.05) is 19.9 Å². The molecule has 1 aromatic carbocycles. The number of hydrogen-bond donors (Lipinski definition) is 2. The highest BCUT2D eigenvalue weighted by molar-refractivity contribution is 14.0. The number of rotatable bonds is 5. The molecule has 4 unspecified atom stereocenters. The number of halogens is 2. The molecule has 1 saturated carbocycles. The molecule has 7 heteroatoms. The molecule has 0 radical (unpaired) electrons. The summed E-state index contributed by atoms with van der Waals surface area (Å²) in [4.78, 5) is 4.61. The highest BCUT2D eigenvalue weighted by Gasteiger charge is 2.58. The zero-order chi connectivity index (χ0) is 19.6. The molecule has 0 aromatic heterocycles. The molecule has 2 fully saturated rings. The van der Waals surface area contributed by atoms with Crippen LogP contribution in [0.1, 0.15) is 52.1 Å². The Balaban J connectivity index is 0.00000280. The molecular formula is C21H33FIN3O2. The first kappa shape index (κ1) is 23.2. The third-order valence-electron chi connectivity index (χ3n) is 5.97. The molecular weight excluding hydrogens is 472 g/mol. The molecule has 2 N–H and O–H groups in total. The zero-order valence-electron chi connectivity index (χ0n) is 17.4. The maximum atomic E-state index is 14.0. The lowest BCUT2D eigenvalue weighted by molar-refractivity contribution is -0.188. The second-order valence-corrected chi connectivity index (χ2v) is 8.12. The van der Waals surface area contributed by atoms with E-state index >= 15 is 0 Å². The average Bonchev–Trinajstić information content (AvgIpc) is 2.66. The SMILES string of the molecule is CCN=C(NC(C)c1ccc(OC)c(F)c1)NC1C2CCCOC2C1(C)C.I. The Morgan fingerprint density at radius 3 is 2.82 bits per heavy atom. The Bertz CT molecular complexity index is 698. The van der Waals surface area contributed by atoms with Gasteiger partial charge in [0.2, 0.25) is 0 Å². The van der Waals surface area contributed by atoms with Crippen LogP contribution in [-0.2, 0) is 4.74 Å². The summed E-state index contributed by atoms with van der Waals surface area (Å²) in [5.74, 6) is 1.19. The Labute approximate surface area is 184 Å². The fraction of sp³-hybridized carbons (Fsp3) is 0.667. The number of fused-ring (bicyclic) bond motifs is 1. The third-order valence-corrected chi connectivity index (χ3v) is 5.97. The van der Waals surface area contributed by atoms with Crippen molar-refractivity contribution in [3.8, 4) is 5.75 Å². The van der Waals surface area contributed by atoms with E-state index in [1.54, 1.807) is 6.07 Å². The molecule has 1 saturated heterocycles. The Morgan fingerprint density at radius 1 is 1.43 bits per heavy atom. The lowest BCUT2D eigenvalue weighted by Gasteiger charge is -2.60. The quantitative estimate of drug-likeness (QED) is 0.357. The van der Waals surface area contributed by atoms with Gasteiger partial charge in [-0.2, -0.15) is 0 Å². The smallest absolute Gasteiger partial charge is 0.191 e. The van der Waals surface area contributed by atoms with Crippen molar-refractivity contribution >= 4 is 29.9 Å². The minimum absolute atomic E-state index is 0. The van der Waals surface area contributed by atoms with Gasteiger partial charge in [-0.05, 0) is 44.4 Å². The molecule has 0 bridgehead atoms. The van der Waals surface area contributed by atoms with E-state index in [2.05, 4.69) is 29.5 Å². The van der Waals surface area contributed by atoms with Crippen LogP contribution < -0.4 is 15.4 Å². The van der Waals surface area contributed by atoms with E-state index in [1.165, 1.54) is 19.6 Å². The van der Waals surface area contributed by atoms with Crippen molar-refractivity contribution in [1.29, 1.82) is 0 Å². The van der Waals surface area contributed by atoms with E-state index in [1.807, 2.05) is 19.9 Å². The Hall–Kier alpha value is -1.09. The number of aliphatic imine (C=N–C) groups is 1. The number of methoxy groups -OCH3 is 1. The van der Waals surface area contributed by atoms with E-state index < -0.39 is 0 Å². The second kappa shape index (κ2) is 9.61. The van der Waals surface area contributed by atoms with Crippen LogP contribution in [0.5, 0.6) is 5.75 Å². The highest BCUT2D eigenvalue weighted by atomic mass is 127. The van der Waals surface area contributed by atoms with Crippen LogP contribution in [0.3, 0.4) is 0 Å². The maximum Gasteiger partial charge on any atom is 0.191 e. The van der Waals surface area contributed by atoms with Gasteiger partial charge in [0.1, 0.15) is 0 Å². The lowest BCUT2D eigenvalue weighted by atomic mass is 9.55. The number of benzene rings is 1. The first-order valence-corrected chi connectivity index (χ1v) is 9.91. The average molecular weight is 505 g/mol. The number of nitrogens with one attached hydrogen (secondary N) is 2. The van der Waals surface area contributed by atoms with Crippen molar-refractivity contribution in [2.75, 3.05) is 20.3 Å². The summed E-state index contributed by atoms with van der Waals surface area (Å²) in [5, 5.41) is 7.04. The molecule has 28 heavy (non-hydrogen) atoms. The number of ether oxygens (including phenoxy) is 2. The van der Waals surface area contributed by atoms with Gasteiger partial charge < -0.3 is 20.1 Å². The molecule has 2 aliphatic rings. The number of nitrogens with zero attached hydrogens (tertiary/aromatic N) is 1. The van der Waals surface area contributed by atoms with Crippen LogP contribution in [0.25, 0.3) is 0 Å². The summed E-state index contributed by atoms with van der Waals surface area (Å²) in [6.07, 6.45) is 2.62. The van der Waals surface area contributed by atoms with Crippen molar-refractivity contribution in [2.45, 2.75) is 58.7 Å². The van der Waals surface area contributed by atoms with Gasteiger partial charge in [-0.3, -0.25) is 4.99 Å². The normalized spacial score (nSPS) is 26.9. The monoisotopic (exact) mass is 505 g/mol. The summed E-state index contributed by atoms with van der Waals surface area (Å²) in [5.41, 5.74) is 0.919. The molecule has 4 atom stereocenters. The third kappa shape index (κ3) is 4.56. The van der Waals surface area contributed by atoms with Crippen LogP contribution in [-0.4, -0.2) is 38.4 Å². The van der Waals surface area contributed by atoms with Gasteiger partial charge in [0.05, 0.1) is 19.3 Å². The highest BCUT2D eigenvalue weighted by Crippen LogP contribution is 2.51. The van der Waals surface area contributed by atoms with Gasteiger partial charge >= 0.3 is 0 Å². The Kier molecular flexibility index (Phi) is 7.96. The number of guanidine groups is 1. The van der Waals surface area contributed by atoms with Crippen LogP contribution in [0.4, 0.5) is 4.39 Å². The summed E-state index contributed by atoms with van der Waals surface area (Å²) in [7, 11) is 1.47. The summed E-state index contributed by atoms with van der Waals surface area (Å²) < 4.78 is 25.0. The van der Waals surface area contributed by atoms with Gasteiger partial charge in [-0.25, -0.2) is 4.39 Å². The van der Waals surface area contributed by atoms with Crippen molar-refractivity contribution in [3.63, 3.8) is 0 Å². The molecule has 3 rings (SSSR count). The fourth-order valence-corrected chi connectivity index (χ4v) is 4.49. The molecule has 158 valence electrons. The fourth-order valence-electron chi connectivity index (χ4n) is 4.49. The van der Waals surface area contributed by atoms with Gasteiger partial charge in [-0.15, -0.1) is 24.0 Å². The maximum absolute atomic E-state index is 14.0. The summed E-state index contributed by atoms with van der Waals surface area (Å²) in [6, 6.07) is 5.29. The Morgan fingerprint density at radius 2 is 2.18 bits per heavy atom. The standard InChI is InChI=1S/C21H32FN3O2.HI/c1-6-23-20(24-13(2)14-9-10-17(26-5)16(22)12-14)25-18-15-8-7-11-27-19(15)21(18,3)4;/h9-10,12-13,15,18-19H,6-8,11H2,1-5H3,(H2,23,24,25);1H. The molecule has 1 heterocycles. The summed E-state index contributed by atoms with van der Waals surface area (Å²) >= 11 is 0. The van der Waals surface area contributed by atoms with Gasteiger partial charge in [0.25, 0.3) is 0 Å². The number of hydrogen-bond acceptors (Lipinski definition) is 3. The van der Waals surface area contributed by atoms with Crippen LogP contribution in [0.2, 0.25) is 0 Å². The summed E-state index contributed by atoms with van der Waals surface area (Å²) in [6.45, 7) is 10.1. The van der Waals surface area contributed by atoms with Crippen molar-refractivity contribution in [1.82, 2.24) is 10.6 Å². The zero-order valence-corrected chi connectivity index (χ0v) is 19.8. The van der Waals surface area contributed by atoms with E-state index in [-0.39, 0.29) is 47.0 Å². The van der Waals surface area contributed by atoms with E-state index in [4.69, 9.17) is 9.47 Å². The van der Waals surface area contributed by atoms with Crippen LogP contribution in [0.15, 0.2) is 23.2 Å². The van der Waals surface area contributed by atoms with E-state index in [0.29, 0.717) is 24.6 Å². The van der Waals surface area contributed by atoms with Crippen LogP contribution >= 0.6 is 24.0 Å². The van der Waals surface area contributed by atoms with Gasteiger partial charge in [0, 0.05) is 30.5 Å². The predicted molar refractivity (Wildman–Crippen MR) is 121 cm³/mol. The lowest BCUT2D eigenvalue weighted by Crippen LogP contribution is -2.71. The molecule has 1 aromatic rings. The largest absolute Gasteiger partial charge is 0.494 e. The molecule has 1 aliphatic heterocycles. The minimum atomic E-state index is -0.354. The first-order chi connectivity index (χ1) is 12.9. The molecule has 0 spiro atoms. The second-order valence-electron chi connectivity index (χ2n) is 8.12. The minimum Gasteiger partial charge on any atom is -0.494 e. The molecule has 1 aliphatic carbocycles. The van der Waals surface area contributed by atoms with Crippen molar-refractivity contribution in [2.24, 2.45) is 16.3 Å². The molecule has 5 nitrogen and oxygen atoms in total.